The quantitative estimate of drug-likeness (QED) is 0.427. The maximum absolute atomic E-state index is 2.77. The van der Waals surface area contributed by atoms with Crippen LogP contribution in [0.1, 0.15) is 109 Å². The monoisotopic (exact) mass is 365 g/mol. The highest BCUT2D eigenvalue weighted by atomic mass is 15.2. The Morgan fingerprint density at radius 3 is 1.42 bits per heavy atom. The fraction of sp³-hybridized carbons (Fsp3) is 1.00. The first-order valence-electron chi connectivity index (χ1n) is 11.3. The molecule has 1 aliphatic heterocycles. The van der Waals surface area contributed by atoms with Gasteiger partial charge in [0, 0.05) is 18.6 Å². The summed E-state index contributed by atoms with van der Waals surface area (Å²) >= 11 is 0. The second-order valence-corrected chi connectivity index (χ2v) is 12.8. The molecule has 0 aromatic rings. The SMILES string of the molecule is CCC(CC(C)(C)C1CN(C(C)(C)CC(CC)C(C)(C)C)C1)C(C)(C)C. The molecule has 2 unspecified atom stereocenters. The van der Waals surface area contributed by atoms with Crippen LogP contribution in [-0.2, 0) is 0 Å². The van der Waals surface area contributed by atoms with Crippen LogP contribution in [0.15, 0.2) is 0 Å². The highest BCUT2D eigenvalue weighted by molar-refractivity contribution is 4.99. The Labute approximate surface area is 166 Å². The summed E-state index contributed by atoms with van der Waals surface area (Å²) in [5.74, 6) is 2.48. The van der Waals surface area contributed by atoms with Gasteiger partial charge in [-0.25, -0.2) is 0 Å². The molecular formula is C25H51N. The van der Waals surface area contributed by atoms with Gasteiger partial charge in [-0.15, -0.1) is 0 Å². The van der Waals surface area contributed by atoms with Crippen molar-refractivity contribution >= 4 is 0 Å². The molecule has 1 aliphatic rings. The molecule has 0 N–H and O–H groups in total. The topological polar surface area (TPSA) is 3.24 Å². The van der Waals surface area contributed by atoms with E-state index < -0.39 is 0 Å². The van der Waals surface area contributed by atoms with E-state index in [0.717, 1.165) is 17.8 Å². The lowest BCUT2D eigenvalue weighted by molar-refractivity contribution is -0.0719. The van der Waals surface area contributed by atoms with Gasteiger partial charge < -0.3 is 0 Å². The van der Waals surface area contributed by atoms with Crippen molar-refractivity contribution in [2.24, 2.45) is 34.0 Å². The number of likely N-dealkylation sites (tertiary alicyclic amines) is 1. The number of hydrogen-bond donors (Lipinski definition) is 0. The van der Waals surface area contributed by atoms with Crippen molar-refractivity contribution in [3.63, 3.8) is 0 Å². The number of hydrogen-bond acceptors (Lipinski definition) is 1. The zero-order valence-electron chi connectivity index (χ0n) is 20.4. The molecule has 1 heterocycles. The molecule has 0 aromatic carbocycles. The Morgan fingerprint density at radius 2 is 1.08 bits per heavy atom. The van der Waals surface area contributed by atoms with E-state index in [9.17, 15) is 0 Å². The fourth-order valence-electron chi connectivity index (χ4n) is 5.13. The first-order chi connectivity index (χ1) is 11.5. The Bertz CT molecular complexity index is 386. The summed E-state index contributed by atoms with van der Waals surface area (Å²) in [6.07, 6.45) is 5.28. The molecule has 1 fully saturated rings. The molecular weight excluding hydrogens is 314 g/mol. The minimum Gasteiger partial charge on any atom is -0.298 e. The van der Waals surface area contributed by atoms with Crippen molar-refractivity contribution in [3.05, 3.63) is 0 Å². The molecule has 0 aromatic heterocycles. The molecule has 0 spiro atoms. The highest BCUT2D eigenvalue weighted by Gasteiger charge is 2.46. The van der Waals surface area contributed by atoms with Crippen molar-refractivity contribution < 1.29 is 0 Å². The van der Waals surface area contributed by atoms with E-state index in [1.807, 2.05) is 0 Å². The minimum atomic E-state index is 0.328. The third-order valence-electron chi connectivity index (χ3n) is 7.80. The fourth-order valence-corrected chi connectivity index (χ4v) is 5.13. The smallest absolute Gasteiger partial charge is 0.0156 e. The zero-order chi connectivity index (χ0) is 20.6. The van der Waals surface area contributed by atoms with E-state index in [-0.39, 0.29) is 0 Å². The lowest BCUT2D eigenvalue weighted by Gasteiger charge is -2.56. The van der Waals surface area contributed by atoms with Crippen LogP contribution in [0.3, 0.4) is 0 Å². The first-order valence-corrected chi connectivity index (χ1v) is 11.3. The van der Waals surface area contributed by atoms with Crippen molar-refractivity contribution in [2.75, 3.05) is 13.1 Å². The molecule has 1 saturated heterocycles. The molecule has 0 aliphatic carbocycles. The average Bonchev–Trinajstić information content (AvgIpc) is 2.37. The van der Waals surface area contributed by atoms with E-state index in [0.29, 0.717) is 21.8 Å². The van der Waals surface area contributed by atoms with Crippen molar-refractivity contribution in [1.82, 2.24) is 4.90 Å². The Hall–Kier alpha value is -0.0400. The molecule has 156 valence electrons. The third-order valence-corrected chi connectivity index (χ3v) is 7.80. The third kappa shape index (κ3) is 5.98. The molecule has 0 saturated carbocycles. The van der Waals surface area contributed by atoms with Gasteiger partial charge in [-0.1, -0.05) is 82.1 Å². The normalized spacial score (nSPS) is 20.8. The van der Waals surface area contributed by atoms with Crippen molar-refractivity contribution in [1.29, 1.82) is 0 Å². The van der Waals surface area contributed by atoms with Gasteiger partial charge >= 0.3 is 0 Å². The summed E-state index contributed by atoms with van der Waals surface area (Å²) in [5.41, 5.74) is 1.62. The molecule has 2 atom stereocenters. The molecule has 0 radical (unpaired) electrons. The van der Waals surface area contributed by atoms with E-state index in [1.165, 1.54) is 38.8 Å². The lowest BCUT2D eigenvalue weighted by atomic mass is 9.63. The van der Waals surface area contributed by atoms with Gasteiger partial charge in [0.05, 0.1) is 0 Å². The molecule has 1 heteroatoms. The van der Waals surface area contributed by atoms with Gasteiger partial charge in [0.25, 0.3) is 0 Å². The summed E-state index contributed by atoms with van der Waals surface area (Å²) in [6, 6.07) is 0. The van der Waals surface area contributed by atoms with Gasteiger partial charge in [0.15, 0.2) is 0 Å². The molecule has 0 amide bonds. The van der Waals surface area contributed by atoms with Gasteiger partial charge in [-0.05, 0) is 60.7 Å². The average molecular weight is 366 g/mol. The maximum atomic E-state index is 2.77. The van der Waals surface area contributed by atoms with Crippen molar-refractivity contribution in [2.45, 2.75) is 114 Å². The van der Waals surface area contributed by atoms with Gasteiger partial charge in [0.2, 0.25) is 0 Å². The Balaban J connectivity index is 2.68. The molecule has 0 bridgehead atoms. The van der Waals surface area contributed by atoms with Crippen LogP contribution in [0.2, 0.25) is 0 Å². The van der Waals surface area contributed by atoms with E-state index in [1.54, 1.807) is 0 Å². The predicted molar refractivity (Wildman–Crippen MR) is 119 cm³/mol. The van der Waals surface area contributed by atoms with Crippen molar-refractivity contribution in [3.8, 4) is 0 Å². The molecule has 1 nitrogen and oxygen atoms in total. The highest BCUT2D eigenvalue weighted by Crippen LogP contribution is 2.47. The molecule has 26 heavy (non-hydrogen) atoms. The van der Waals surface area contributed by atoms with Crippen LogP contribution in [-0.4, -0.2) is 23.5 Å². The van der Waals surface area contributed by atoms with Crippen LogP contribution in [0.25, 0.3) is 0 Å². The summed E-state index contributed by atoms with van der Waals surface area (Å²) in [6.45, 7) is 31.8. The Kier molecular flexibility index (Phi) is 7.51. The number of rotatable bonds is 8. The van der Waals surface area contributed by atoms with Crippen LogP contribution in [0, 0.1) is 34.0 Å². The summed E-state index contributed by atoms with van der Waals surface area (Å²) in [7, 11) is 0. The maximum Gasteiger partial charge on any atom is 0.0156 e. The van der Waals surface area contributed by atoms with Crippen LogP contribution in [0.5, 0.6) is 0 Å². The standard InChI is InChI=1S/C25H51N/c1-13-19(22(3,4)5)15-24(9,10)21-17-26(18-21)25(11,12)16-20(14-2)23(6,7)8/h19-21H,13-18H2,1-12H3. The second-order valence-electron chi connectivity index (χ2n) is 12.8. The van der Waals surface area contributed by atoms with E-state index in [4.69, 9.17) is 0 Å². The van der Waals surface area contributed by atoms with Crippen LogP contribution in [0.4, 0.5) is 0 Å². The Morgan fingerprint density at radius 1 is 0.692 bits per heavy atom. The largest absolute Gasteiger partial charge is 0.298 e. The van der Waals surface area contributed by atoms with E-state index in [2.05, 4.69) is 88.0 Å². The summed E-state index contributed by atoms with van der Waals surface area (Å²) in [4.78, 5) is 2.77. The second kappa shape index (κ2) is 8.14. The lowest BCUT2D eigenvalue weighted by Crippen LogP contribution is -2.61. The zero-order valence-corrected chi connectivity index (χ0v) is 20.4. The van der Waals surface area contributed by atoms with Crippen LogP contribution < -0.4 is 0 Å². The number of nitrogens with zero attached hydrogens (tertiary/aromatic N) is 1. The van der Waals surface area contributed by atoms with Gasteiger partial charge in [-0.3, -0.25) is 4.90 Å². The summed E-state index contributed by atoms with van der Waals surface area (Å²) < 4.78 is 0. The molecule has 1 rings (SSSR count). The van der Waals surface area contributed by atoms with Gasteiger partial charge in [0.1, 0.15) is 0 Å². The predicted octanol–water partition coefficient (Wildman–Crippen LogP) is 7.65. The summed E-state index contributed by atoms with van der Waals surface area (Å²) in [5, 5.41) is 0. The minimum absolute atomic E-state index is 0.328. The van der Waals surface area contributed by atoms with Gasteiger partial charge in [-0.2, -0.15) is 0 Å². The first kappa shape index (κ1) is 24.0. The van der Waals surface area contributed by atoms with E-state index >= 15 is 0 Å². The van der Waals surface area contributed by atoms with Crippen LogP contribution >= 0.6 is 0 Å².